The van der Waals surface area contributed by atoms with E-state index in [9.17, 15) is 4.79 Å². The lowest BCUT2D eigenvalue weighted by Gasteiger charge is -2.12. The molecule has 2 heteroatoms. The van der Waals surface area contributed by atoms with Crippen molar-refractivity contribution in [2.45, 2.75) is 13.8 Å². The topological polar surface area (TPSA) is 20.3 Å². The van der Waals surface area contributed by atoms with Gasteiger partial charge in [-0.1, -0.05) is 24.8 Å². The minimum Gasteiger partial charge on any atom is -0.334 e. The monoisotopic (exact) mass is 177 g/mol. The van der Waals surface area contributed by atoms with Gasteiger partial charge in [0.15, 0.2) is 0 Å². The number of amides is 1. The number of carbonyl (C=O) groups excluding carboxylic acids is 1. The number of allylic oxidation sites excluding steroid dienone is 1. The fourth-order valence-electron chi connectivity index (χ4n) is 1.45. The molecule has 0 fully saturated rings. The Kier molecular flexibility index (Phi) is 3.07. The van der Waals surface area contributed by atoms with Crippen LogP contribution in [0.1, 0.15) is 13.8 Å². The van der Waals surface area contributed by atoms with Crippen LogP contribution in [0.25, 0.3) is 0 Å². The van der Waals surface area contributed by atoms with E-state index in [0.717, 1.165) is 12.1 Å². The van der Waals surface area contributed by atoms with E-state index in [2.05, 4.69) is 6.58 Å². The first-order chi connectivity index (χ1) is 6.19. The van der Waals surface area contributed by atoms with Crippen molar-refractivity contribution in [3.8, 4) is 0 Å². The molecule has 0 N–H and O–H groups in total. The molecule has 13 heavy (non-hydrogen) atoms. The molecule has 1 amide bonds. The van der Waals surface area contributed by atoms with Crippen LogP contribution in [-0.2, 0) is 4.79 Å². The molecule has 1 heterocycles. The quantitative estimate of drug-likeness (QED) is 0.631. The van der Waals surface area contributed by atoms with Crippen LogP contribution in [0.2, 0.25) is 0 Å². The first-order valence-electron chi connectivity index (χ1n) is 4.41. The Morgan fingerprint density at radius 3 is 2.54 bits per heavy atom. The summed E-state index contributed by atoms with van der Waals surface area (Å²) in [7, 11) is 0. The molecule has 70 valence electrons. The third-order valence-corrected chi connectivity index (χ3v) is 2.19. The zero-order valence-corrected chi connectivity index (χ0v) is 8.21. The third-order valence-electron chi connectivity index (χ3n) is 2.19. The Bertz CT molecular complexity index is 286. The first-order valence-corrected chi connectivity index (χ1v) is 4.41. The standard InChI is InChI=1S/C11H15NO/c1-4-6-11-8-12(9(3)13)7-10(11)5-2/h4-6H,2,7-8H2,1,3H3/b6-4-. The summed E-state index contributed by atoms with van der Waals surface area (Å²) in [5.41, 5.74) is 2.36. The zero-order chi connectivity index (χ0) is 9.84. The van der Waals surface area contributed by atoms with E-state index in [0.29, 0.717) is 6.54 Å². The van der Waals surface area contributed by atoms with Gasteiger partial charge in [0.05, 0.1) is 0 Å². The number of nitrogens with zero attached hydrogens (tertiary/aromatic N) is 1. The predicted molar refractivity (Wildman–Crippen MR) is 54.3 cm³/mol. The second-order valence-corrected chi connectivity index (χ2v) is 3.13. The van der Waals surface area contributed by atoms with Gasteiger partial charge in [-0.3, -0.25) is 4.79 Å². The summed E-state index contributed by atoms with van der Waals surface area (Å²) < 4.78 is 0. The molecule has 0 aliphatic carbocycles. The van der Waals surface area contributed by atoms with Crippen LogP contribution in [0.4, 0.5) is 0 Å². The minimum absolute atomic E-state index is 0.124. The Balaban J connectivity index is 2.80. The summed E-state index contributed by atoms with van der Waals surface area (Å²) in [6.45, 7) is 8.74. The van der Waals surface area contributed by atoms with E-state index in [4.69, 9.17) is 0 Å². The highest BCUT2D eigenvalue weighted by Crippen LogP contribution is 2.19. The van der Waals surface area contributed by atoms with Gasteiger partial charge in [-0.2, -0.15) is 0 Å². The number of hydrogen-bond donors (Lipinski definition) is 0. The van der Waals surface area contributed by atoms with Crippen molar-refractivity contribution < 1.29 is 4.79 Å². The maximum atomic E-state index is 11.1. The van der Waals surface area contributed by atoms with Crippen molar-refractivity contribution >= 4 is 5.91 Å². The highest BCUT2D eigenvalue weighted by atomic mass is 16.2. The van der Waals surface area contributed by atoms with Gasteiger partial charge in [0.2, 0.25) is 5.91 Å². The van der Waals surface area contributed by atoms with Gasteiger partial charge >= 0.3 is 0 Å². The summed E-state index contributed by atoms with van der Waals surface area (Å²) in [4.78, 5) is 12.9. The largest absolute Gasteiger partial charge is 0.334 e. The second-order valence-electron chi connectivity index (χ2n) is 3.13. The molecule has 0 saturated heterocycles. The molecular formula is C11H15NO. The summed E-state index contributed by atoms with van der Waals surface area (Å²) in [6, 6.07) is 0. The lowest BCUT2D eigenvalue weighted by Crippen LogP contribution is -2.26. The van der Waals surface area contributed by atoms with Crippen LogP contribution >= 0.6 is 0 Å². The van der Waals surface area contributed by atoms with Crippen molar-refractivity contribution in [3.63, 3.8) is 0 Å². The van der Waals surface area contributed by atoms with Crippen LogP contribution < -0.4 is 0 Å². The third kappa shape index (κ3) is 2.08. The average molecular weight is 177 g/mol. The van der Waals surface area contributed by atoms with Gasteiger partial charge in [-0.25, -0.2) is 0 Å². The molecule has 0 unspecified atom stereocenters. The Hall–Kier alpha value is -1.31. The zero-order valence-electron chi connectivity index (χ0n) is 8.21. The van der Waals surface area contributed by atoms with Crippen molar-refractivity contribution in [1.29, 1.82) is 0 Å². The van der Waals surface area contributed by atoms with Crippen LogP contribution in [0.5, 0.6) is 0 Å². The summed E-state index contributed by atoms with van der Waals surface area (Å²) in [6.07, 6.45) is 5.86. The molecule has 0 aromatic rings. The fraction of sp³-hybridized carbons (Fsp3) is 0.364. The van der Waals surface area contributed by atoms with E-state index in [1.165, 1.54) is 5.57 Å². The molecule has 1 aliphatic rings. The van der Waals surface area contributed by atoms with Crippen LogP contribution in [0.15, 0.2) is 36.0 Å². The molecule has 2 nitrogen and oxygen atoms in total. The Labute approximate surface area is 79.2 Å². The van der Waals surface area contributed by atoms with Crippen molar-refractivity contribution in [2.75, 3.05) is 13.1 Å². The SMILES string of the molecule is C=CC1=C(/C=C\C)CN(C(C)=O)C1. The average Bonchev–Trinajstić information content (AvgIpc) is 2.48. The molecule has 0 atom stereocenters. The van der Waals surface area contributed by atoms with Gasteiger partial charge < -0.3 is 4.90 Å². The highest BCUT2D eigenvalue weighted by molar-refractivity contribution is 5.75. The second kappa shape index (κ2) is 4.08. The Morgan fingerprint density at radius 2 is 2.08 bits per heavy atom. The van der Waals surface area contributed by atoms with E-state index in [1.807, 2.05) is 30.1 Å². The summed E-state index contributed by atoms with van der Waals surface area (Å²) in [5, 5.41) is 0. The molecule has 1 aliphatic heterocycles. The smallest absolute Gasteiger partial charge is 0.220 e. The molecule has 0 radical (unpaired) electrons. The van der Waals surface area contributed by atoms with E-state index < -0.39 is 0 Å². The van der Waals surface area contributed by atoms with Gasteiger partial charge in [0, 0.05) is 20.0 Å². The molecule has 0 aromatic carbocycles. The molecule has 0 spiro atoms. The molecule has 0 saturated carbocycles. The maximum absolute atomic E-state index is 11.1. The number of carbonyl (C=O) groups is 1. The molecule has 1 rings (SSSR count). The van der Waals surface area contributed by atoms with Gasteiger partial charge in [-0.05, 0) is 18.1 Å². The van der Waals surface area contributed by atoms with E-state index in [-0.39, 0.29) is 5.91 Å². The van der Waals surface area contributed by atoms with Gasteiger partial charge in [0.25, 0.3) is 0 Å². The number of rotatable bonds is 2. The first kappa shape index (κ1) is 9.78. The van der Waals surface area contributed by atoms with Crippen molar-refractivity contribution in [1.82, 2.24) is 4.90 Å². The van der Waals surface area contributed by atoms with Crippen molar-refractivity contribution in [3.05, 3.63) is 36.0 Å². The van der Waals surface area contributed by atoms with Crippen LogP contribution in [0, 0.1) is 0 Å². The predicted octanol–water partition coefficient (Wildman–Crippen LogP) is 1.91. The van der Waals surface area contributed by atoms with Crippen molar-refractivity contribution in [2.24, 2.45) is 0 Å². The minimum atomic E-state index is 0.124. The van der Waals surface area contributed by atoms with Gasteiger partial charge in [0.1, 0.15) is 0 Å². The fourth-order valence-corrected chi connectivity index (χ4v) is 1.45. The lowest BCUT2D eigenvalue weighted by molar-refractivity contribution is -0.127. The van der Waals surface area contributed by atoms with Gasteiger partial charge in [-0.15, -0.1) is 0 Å². The van der Waals surface area contributed by atoms with Crippen LogP contribution in [0.3, 0.4) is 0 Å². The maximum Gasteiger partial charge on any atom is 0.220 e. The molecule has 0 aromatic heterocycles. The summed E-state index contributed by atoms with van der Waals surface area (Å²) in [5.74, 6) is 0.124. The lowest BCUT2D eigenvalue weighted by atomic mass is 10.1. The van der Waals surface area contributed by atoms with E-state index in [1.54, 1.807) is 6.92 Å². The molecular weight excluding hydrogens is 162 g/mol. The number of hydrogen-bond acceptors (Lipinski definition) is 1. The van der Waals surface area contributed by atoms with Crippen LogP contribution in [-0.4, -0.2) is 23.9 Å². The highest BCUT2D eigenvalue weighted by Gasteiger charge is 2.19. The summed E-state index contributed by atoms with van der Waals surface area (Å²) >= 11 is 0. The molecule has 0 bridgehead atoms. The normalized spacial score (nSPS) is 17.2. The van der Waals surface area contributed by atoms with E-state index >= 15 is 0 Å². The Morgan fingerprint density at radius 1 is 1.46 bits per heavy atom.